The lowest BCUT2D eigenvalue weighted by Crippen LogP contribution is -2.40. The lowest BCUT2D eigenvalue weighted by atomic mass is 10.0. The van der Waals surface area contributed by atoms with E-state index in [1.807, 2.05) is 13.8 Å². The summed E-state index contributed by atoms with van der Waals surface area (Å²) in [7, 11) is 0. The van der Waals surface area contributed by atoms with Gasteiger partial charge < -0.3 is 15.8 Å². The molecule has 88 valence electrons. The minimum Gasteiger partial charge on any atom is -0.378 e. The van der Waals surface area contributed by atoms with Gasteiger partial charge in [-0.25, -0.2) is 0 Å². The zero-order valence-corrected chi connectivity index (χ0v) is 9.66. The standard InChI is InChI=1S/C11H22N2O2/c1-8(7-12)9(2)13-11(14)6-10-4-3-5-15-10/h8-10H,3-7,12H2,1-2H3,(H,13,14). The fourth-order valence-corrected chi connectivity index (χ4v) is 1.67. The van der Waals surface area contributed by atoms with Gasteiger partial charge in [0.05, 0.1) is 12.5 Å². The van der Waals surface area contributed by atoms with E-state index in [0.29, 0.717) is 18.9 Å². The number of hydrogen-bond donors (Lipinski definition) is 2. The van der Waals surface area contributed by atoms with Crippen LogP contribution in [0.1, 0.15) is 33.1 Å². The first-order valence-corrected chi connectivity index (χ1v) is 5.74. The third-order valence-electron chi connectivity index (χ3n) is 3.05. The van der Waals surface area contributed by atoms with E-state index in [1.54, 1.807) is 0 Å². The summed E-state index contributed by atoms with van der Waals surface area (Å²) in [4.78, 5) is 11.6. The Morgan fingerprint density at radius 1 is 1.60 bits per heavy atom. The first-order chi connectivity index (χ1) is 7.13. The predicted octanol–water partition coefficient (Wildman–Crippen LogP) is 0.655. The predicted molar refractivity (Wildman–Crippen MR) is 59.4 cm³/mol. The summed E-state index contributed by atoms with van der Waals surface area (Å²) in [5.41, 5.74) is 5.54. The molecule has 0 aromatic heterocycles. The Balaban J connectivity index is 2.22. The van der Waals surface area contributed by atoms with Gasteiger partial charge in [-0.05, 0) is 32.2 Å². The van der Waals surface area contributed by atoms with E-state index in [0.717, 1.165) is 19.4 Å². The summed E-state index contributed by atoms with van der Waals surface area (Å²) >= 11 is 0. The van der Waals surface area contributed by atoms with Crippen molar-refractivity contribution in [1.29, 1.82) is 0 Å². The van der Waals surface area contributed by atoms with Crippen molar-refractivity contribution < 1.29 is 9.53 Å². The molecule has 0 spiro atoms. The molecule has 3 N–H and O–H groups in total. The van der Waals surface area contributed by atoms with Gasteiger partial charge in [0.1, 0.15) is 0 Å². The van der Waals surface area contributed by atoms with Crippen molar-refractivity contribution in [2.45, 2.75) is 45.3 Å². The molecule has 3 unspecified atom stereocenters. The molecule has 15 heavy (non-hydrogen) atoms. The van der Waals surface area contributed by atoms with Gasteiger partial charge >= 0.3 is 0 Å². The van der Waals surface area contributed by atoms with Gasteiger partial charge in [0.15, 0.2) is 0 Å². The molecule has 4 heteroatoms. The third kappa shape index (κ3) is 4.18. The maximum atomic E-state index is 11.6. The maximum absolute atomic E-state index is 11.6. The molecule has 0 aromatic carbocycles. The first kappa shape index (κ1) is 12.5. The fraction of sp³-hybridized carbons (Fsp3) is 0.909. The van der Waals surface area contributed by atoms with Gasteiger partial charge in [-0.15, -0.1) is 0 Å². The van der Waals surface area contributed by atoms with Crippen LogP contribution in [0.4, 0.5) is 0 Å². The Morgan fingerprint density at radius 3 is 2.87 bits per heavy atom. The monoisotopic (exact) mass is 214 g/mol. The summed E-state index contributed by atoms with van der Waals surface area (Å²) in [6.45, 7) is 5.43. The number of nitrogens with two attached hydrogens (primary N) is 1. The van der Waals surface area contributed by atoms with E-state index in [2.05, 4.69) is 5.32 Å². The molecule has 1 fully saturated rings. The average Bonchev–Trinajstić information content (AvgIpc) is 2.68. The Hall–Kier alpha value is -0.610. The van der Waals surface area contributed by atoms with Crippen LogP contribution in [0.15, 0.2) is 0 Å². The SMILES string of the molecule is CC(CN)C(C)NC(=O)CC1CCCO1. The molecule has 1 heterocycles. The van der Waals surface area contributed by atoms with E-state index >= 15 is 0 Å². The topological polar surface area (TPSA) is 64.3 Å². The number of rotatable bonds is 5. The number of hydrogen-bond acceptors (Lipinski definition) is 3. The van der Waals surface area contributed by atoms with Crippen LogP contribution in [-0.4, -0.2) is 31.2 Å². The van der Waals surface area contributed by atoms with Gasteiger partial charge in [-0.2, -0.15) is 0 Å². The van der Waals surface area contributed by atoms with Crippen molar-refractivity contribution in [3.8, 4) is 0 Å². The van der Waals surface area contributed by atoms with Crippen molar-refractivity contribution in [3.05, 3.63) is 0 Å². The van der Waals surface area contributed by atoms with Crippen LogP contribution in [-0.2, 0) is 9.53 Å². The summed E-state index contributed by atoms with van der Waals surface area (Å²) in [6, 6.07) is 0.143. The zero-order valence-electron chi connectivity index (χ0n) is 9.66. The molecular formula is C11H22N2O2. The molecule has 1 saturated heterocycles. The Labute approximate surface area is 91.5 Å². The van der Waals surface area contributed by atoms with Gasteiger partial charge in [0.2, 0.25) is 5.91 Å². The Morgan fingerprint density at radius 2 is 2.33 bits per heavy atom. The molecule has 1 rings (SSSR count). The fourth-order valence-electron chi connectivity index (χ4n) is 1.67. The van der Waals surface area contributed by atoms with E-state index in [9.17, 15) is 4.79 Å². The van der Waals surface area contributed by atoms with Crippen LogP contribution in [0, 0.1) is 5.92 Å². The highest BCUT2D eigenvalue weighted by molar-refractivity contribution is 5.76. The highest BCUT2D eigenvalue weighted by Gasteiger charge is 2.20. The lowest BCUT2D eigenvalue weighted by molar-refractivity contribution is -0.124. The summed E-state index contributed by atoms with van der Waals surface area (Å²) in [6.07, 6.45) is 2.70. The molecule has 1 aliphatic heterocycles. The van der Waals surface area contributed by atoms with Crippen molar-refractivity contribution in [2.75, 3.05) is 13.2 Å². The molecule has 0 aromatic rings. The zero-order chi connectivity index (χ0) is 11.3. The Kier molecular flexibility index (Phi) is 5.05. The van der Waals surface area contributed by atoms with E-state index in [4.69, 9.17) is 10.5 Å². The normalized spacial score (nSPS) is 24.9. The van der Waals surface area contributed by atoms with Crippen LogP contribution in [0.5, 0.6) is 0 Å². The minimum atomic E-state index is 0.0784. The molecule has 0 aliphatic carbocycles. The molecule has 0 bridgehead atoms. The van der Waals surface area contributed by atoms with Crippen LogP contribution >= 0.6 is 0 Å². The molecule has 0 radical (unpaired) electrons. The van der Waals surface area contributed by atoms with Crippen LogP contribution in [0.3, 0.4) is 0 Å². The number of carbonyl (C=O) groups excluding carboxylic acids is 1. The number of ether oxygens (including phenoxy) is 1. The molecular weight excluding hydrogens is 192 g/mol. The maximum Gasteiger partial charge on any atom is 0.222 e. The van der Waals surface area contributed by atoms with Gasteiger partial charge in [-0.3, -0.25) is 4.79 Å². The number of amides is 1. The molecule has 1 aliphatic rings. The van der Waals surface area contributed by atoms with E-state index in [-0.39, 0.29) is 18.1 Å². The second kappa shape index (κ2) is 6.08. The summed E-state index contributed by atoms with van der Waals surface area (Å²) < 4.78 is 5.41. The number of nitrogens with one attached hydrogen (secondary N) is 1. The molecule has 1 amide bonds. The third-order valence-corrected chi connectivity index (χ3v) is 3.05. The Bertz CT molecular complexity index is 203. The first-order valence-electron chi connectivity index (χ1n) is 5.74. The van der Waals surface area contributed by atoms with Gasteiger partial charge in [0.25, 0.3) is 0 Å². The quantitative estimate of drug-likeness (QED) is 0.706. The van der Waals surface area contributed by atoms with Gasteiger partial charge in [-0.1, -0.05) is 6.92 Å². The second-order valence-electron chi connectivity index (χ2n) is 4.41. The lowest BCUT2D eigenvalue weighted by Gasteiger charge is -2.20. The smallest absolute Gasteiger partial charge is 0.222 e. The summed E-state index contributed by atoms with van der Waals surface area (Å²) in [5, 5.41) is 2.96. The van der Waals surface area contributed by atoms with Gasteiger partial charge in [0, 0.05) is 12.6 Å². The van der Waals surface area contributed by atoms with Crippen molar-refractivity contribution in [3.63, 3.8) is 0 Å². The van der Waals surface area contributed by atoms with Crippen LogP contribution in [0.25, 0.3) is 0 Å². The van der Waals surface area contributed by atoms with E-state index in [1.165, 1.54) is 0 Å². The summed E-state index contributed by atoms with van der Waals surface area (Å²) in [5.74, 6) is 0.396. The van der Waals surface area contributed by atoms with Crippen LogP contribution in [0.2, 0.25) is 0 Å². The van der Waals surface area contributed by atoms with Crippen molar-refractivity contribution in [2.24, 2.45) is 11.7 Å². The molecule has 4 nitrogen and oxygen atoms in total. The van der Waals surface area contributed by atoms with E-state index < -0.39 is 0 Å². The van der Waals surface area contributed by atoms with Crippen molar-refractivity contribution >= 4 is 5.91 Å². The average molecular weight is 214 g/mol. The second-order valence-corrected chi connectivity index (χ2v) is 4.41. The highest BCUT2D eigenvalue weighted by atomic mass is 16.5. The molecule has 0 saturated carbocycles. The number of carbonyl (C=O) groups is 1. The molecule has 3 atom stereocenters. The largest absolute Gasteiger partial charge is 0.378 e. The van der Waals surface area contributed by atoms with Crippen LogP contribution < -0.4 is 11.1 Å². The van der Waals surface area contributed by atoms with Crippen molar-refractivity contribution in [1.82, 2.24) is 5.32 Å². The highest BCUT2D eigenvalue weighted by Crippen LogP contribution is 2.15. The minimum absolute atomic E-state index is 0.0784.